The number of rotatable bonds is 4. The van der Waals surface area contributed by atoms with Crippen LogP contribution in [0.4, 0.5) is 0 Å². The minimum absolute atomic E-state index is 0.0581. The third-order valence-corrected chi connectivity index (χ3v) is 25.0. The topological polar surface area (TPSA) is 13.1 Å². The maximum Gasteiger partial charge on any atom is 0.136 e. The number of hydrogen-bond donors (Lipinski definition) is 0. The standard InChI is InChI=1S/C53H34O.C52H38/c1-53(2)45-26-23-32(29-43(45)51-37-17-7-5-15-35(37)36-16-6-12-22-42(36)52(51)53)48-38-18-8-10-20-40(38)49(41-21-11-9-19-39(41)48)33-25-27-46-44(30-33)50-34-14-4-3-13-31(34)24-28-47(50)54-46;1-51(2)44-24-14-13-17-35(44)36-27-25-32(30-46(36)51)48-40-21-10-8-19-38(40)47(39-20-9-11-22-41(39)48)31-26-28-45-43(29-31)49-37-18-7-5-15-33(37)34-16-6-12-23-42(34)50(49)52(45,3)4/h3-30H,1-2H3;5-30H,1-4H3. The van der Waals surface area contributed by atoms with Crippen LogP contribution in [0.5, 0.6) is 0 Å². The van der Waals surface area contributed by atoms with Crippen LogP contribution < -0.4 is 0 Å². The molecule has 1 heterocycles. The van der Waals surface area contributed by atoms with Gasteiger partial charge in [-0.15, -0.1) is 0 Å². The van der Waals surface area contributed by atoms with Crippen LogP contribution in [0.1, 0.15) is 74.9 Å². The van der Waals surface area contributed by atoms with Gasteiger partial charge in [0.25, 0.3) is 0 Å². The van der Waals surface area contributed by atoms with Crippen molar-refractivity contribution in [3.05, 3.63) is 361 Å². The van der Waals surface area contributed by atoms with Crippen molar-refractivity contribution in [2.45, 2.75) is 57.8 Å². The molecular weight excluding hydrogens is 1280 g/mol. The van der Waals surface area contributed by atoms with Crippen LogP contribution in [0.2, 0.25) is 0 Å². The molecule has 23 rings (SSSR count). The fraction of sp³-hybridized carbons (Fsp3) is 0.0857. The second kappa shape index (κ2) is 22.2. The van der Waals surface area contributed by atoms with Crippen LogP contribution >= 0.6 is 0 Å². The van der Waals surface area contributed by atoms with Gasteiger partial charge < -0.3 is 4.42 Å². The van der Waals surface area contributed by atoms with Crippen LogP contribution in [-0.2, 0) is 16.2 Å². The van der Waals surface area contributed by atoms with E-state index in [2.05, 4.69) is 369 Å². The SMILES string of the molecule is CC1(C)c2ccc(-c3c4ccccc4c(-c4ccc5oc6ccc7ccccc7c6c5c4)c4ccccc34)cc2-c2c1c1ccccc1c1ccccc21.CC1(C)c2ccccc2-c2ccc(-c3c4ccccc4c(-c4ccc5c(c4)-c4c(c6ccccc6c6ccccc46)C5(C)C)c4ccccc34)cc21. The quantitative estimate of drug-likeness (QED) is 0.126. The first-order valence-electron chi connectivity index (χ1n) is 37.5. The molecule has 3 aliphatic carbocycles. The molecular formula is C105H72O. The predicted molar refractivity (Wildman–Crippen MR) is 452 cm³/mol. The van der Waals surface area contributed by atoms with E-state index in [-0.39, 0.29) is 16.2 Å². The lowest BCUT2D eigenvalue weighted by Gasteiger charge is -2.24. The largest absolute Gasteiger partial charge is 0.456 e. The molecule has 0 saturated carbocycles. The maximum atomic E-state index is 6.43. The van der Waals surface area contributed by atoms with Gasteiger partial charge in [-0.05, 0) is 245 Å². The minimum Gasteiger partial charge on any atom is -0.456 e. The fourth-order valence-corrected chi connectivity index (χ4v) is 20.4. The third kappa shape index (κ3) is 8.37. The zero-order valence-electron chi connectivity index (χ0n) is 60.1. The molecule has 1 nitrogen and oxygen atoms in total. The van der Waals surface area contributed by atoms with Crippen LogP contribution in [0, 0.1) is 0 Å². The molecule has 0 N–H and O–H groups in total. The van der Waals surface area contributed by atoms with Crippen molar-refractivity contribution in [1.29, 1.82) is 0 Å². The summed E-state index contributed by atoms with van der Waals surface area (Å²) in [6.07, 6.45) is 0. The average molecular weight is 1350 g/mol. The van der Waals surface area contributed by atoms with Crippen molar-refractivity contribution < 1.29 is 4.42 Å². The molecule has 20 aromatic rings. The van der Waals surface area contributed by atoms with Crippen molar-refractivity contribution in [2.24, 2.45) is 0 Å². The molecule has 0 radical (unpaired) electrons. The zero-order chi connectivity index (χ0) is 70.6. The van der Waals surface area contributed by atoms with Crippen molar-refractivity contribution in [3.8, 4) is 77.9 Å². The molecule has 1 heteroatoms. The van der Waals surface area contributed by atoms with Gasteiger partial charge in [-0.2, -0.15) is 0 Å². The summed E-state index contributed by atoms with van der Waals surface area (Å²) in [7, 11) is 0. The average Bonchev–Trinajstić information content (AvgIpc) is 1.52. The molecule has 19 aromatic carbocycles. The van der Waals surface area contributed by atoms with Gasteiger partial charge in [0.15, 0.2) is 0 Å². The van der Waals surface area contributed by atoms with Crippen LogP contribution in [0.3, 0.4) is 0 Å². The normalized spacial score (nSPS) is 14.2. The first kappa shape index (κ1) is 60.9. The molecule has 0 fully saturated rings. The molecule has 0 spiro atoms. The van der Waals surface area contributed by atoms with E-state index in [1.807, 2.05) is 0 Å². The summed E-state index contributed by atoms with van der Waals surface area (Å²) in [6.45, 7) is 14.4. The van der Waals surface area contributed by atoms with Gasteiger partial charge in [-0.1, -0.05) is 333 Å². The Labute approximate surface area is 615 Å². The zero-order valence-corrected chi connectivity index (χ0v) is 60.1. The Bertz CT molecular complexity index is 7170. The molecule has 0 saturated heterocycles. The molecule has 0 amide bonds. The Morgan fingerprint density at radius 3 is 0.953 bits per heavy atom. The molecule has 0 atom stereocenters. The van der Waals surface area contributed by atoms with Crippen molar-refractivity contribution in [3.63, 3.8) is 0 Å². The molecule has 3 aliphatic rings. The molecule has 106 heavy (non-hydrogen) atoms. The summed E-state index contributed by atoms with van der Waals surface area (Å²) in [5.74, 6) is 0. The fourth-order valence-electron chi connectivity index (χ4n) is 20.4. The van der Waals surface area contributed by atoms with E-state index in [9.17, 15) is 0 Å². The highest BCUT2D eigenvalue weighted by atomic mass is 16.3. The first-order chi connectivity index (χ1) is 51.9. The third-order valence-electron chi connectivity index (χ3n) is 25.0. The van der Waals surface area contributed by atoms with Crippen molar-refractivity contribution in [1.82, 2.24) is 0 Å². The molecule has 0 unspecified atom stereocenters. The smallest absolute Gasteiger partial charge is 0.136 e. The van der Waals surface area contributed by atoms with Crippen LogP contribution in [-0.4, -0.2) is 0 Å². The van der Waals surface area contributed by atoms with Gasteiger partial charge in [0.1, 0.15) is 11.2 Å². The molecule has 498 valence electrons. The summed E-state index contributed by atoms with van der Waals surface area (Å²) in [6, 6.07) is 122. The number of hydrogen-bond acceptors (Lipinski definition) is 1. The van der Waals surface area contributed by atoms with Gasteiger partial charge in [0.2, 0.25) is 0 Å². The summed E-state index contributed by atoms with van der Waals surface area (Å²) < 4.78 is 6.43. The second-order valence-corrected chi connectivity index (χ2v) is 31.5. The van der Waals surface area contributed by atoms with Gasteiger partial charge in [-0.3, -0.25) is 0 Å². The molecule has 0 bridgehead atoms. The minimum atomic E-state index is -0.137. The van der Waals surface area contributed by atoms with Gasteiger partial charge in [0.05, 0.1) is 0 Å². The summed E-state index contributed by atoms with van der Waals surface area (Å²) in [4.78, 5) is 0. The van der Waals surface area contributed by atoms with Crippen molar-refractivity contribution in [2.75, 3.05) is 0 Å². The van der Waals surface area contributed by atoms with Gasteiger partial charge >= 0.3 is 0 Å². The Hall–Kier alpha value is -12.7. The Kier molecular flexibility index (Phi) is 12.7. The molecule has 1 aromatic heterocycles. The Morgan fingerprint density at radius 2 is 0.500 bits per heavy atom. The second-order valence-electron chi connectivity index (χ2n) is 31.5. The maximum absolute atomic E-state index is 6.43. The van der Waals surface area contributed by atoms with E-state index in [4.69, 9.17) is 4.42 Å². The van der Waals surface area contributed by atoms with Crippen molar-refractivity contribution >= 4 is 119 Å². The lowest BCUT2D eigenvalue weighted by Crippen LogP contribution is -2.15. The summed E-state index contributed by atoms with van der Waals surface area (Å²) in [5, 5.41) is 25.6. The number of benzene rings is 19. The van der Waals surface area contributed by atoms with E-state index in [1.165, 1.54) is 214 Å². The van der Waals surface area contributed by atoms with E-state index in [0.717, 1.165) is 16.6 Å². The lowest BCUT2D eigenvalue weighted by molar-refractivity contribution is 0.660. The highest BCUT2D eigenvalue weighted by Gasteiger charge is 2.41. The Morgan fingerprint density at radius 1 is 0.189 bits per heavy atom. The van der Waals surface area contributed by atoms with E-state index in [1.54, 1.807) is 0 Å². The highest BCUT2D eigenvalue weighted by molar-refractivity contribution is 6.27. The highest BCUT2D eigenvalue weighted by Crippen LogP contribution is 2.59. The van der Waals surface area contributed by atoms with E-state index < -0.39 is 0 Å². The van der Waals surface area contributed by atoms with Crippen LogP contribution in [0.15, 0.2) is 332 Å². The summed E-state index contributed by atoms with van der Waals surface area (Å²) >= 11 is 0. The number of furan rings is 1. The lowest BCUT2D eigenvalue weighted by atomic mass is 9.79. The number of fused-ring (bicyclic) bond motifs is 28. The van der Waals surface area contributed by atoms with Crippen LogP contribution in [0.25, 0.3) is 197 Å². The van der Waals surface area contributed by atoms with Gasteiger partial charge in [0, 0.05) is 27.0 Å². The monoisotopic (exact) mass is 1350 g/mol. The first-order valence-corrected chi connectivity index (χ1v) is 37.5. The predicted octanol–water partition coefficient (Wildman–Crippen LogP) is 29.2. The van der Waals surface area contributed by atoms with E-state index >= 15 is 0 Å². The van der Waals surface area contributed by atoms with E-state index in [0.29, 0.717) is 0 Å². The Balaban J connectivity index is 0.000000132. The van der Waals surface area contributed by atoms with Gasteiger partial charge in [-0.25, -0.2) is 0 Å². The molecule has 0 aliphatic heterocycles. The summed E-state index contributed by atoms with van der Waals surface area (Å²) in [5.41, 5.74) is 28.4.